The van der Waals surface area contributed by atoms with Crippen LogP contribution in [0.25, 0.3) is 21.2 Å². The van der Waals surface area contributed by atoms with Crippen molar-refractivity contribution >= 4 is 27.7 Å². The number of benzene rings is 2. The van der Waals surface area contributed by atoms with Gasteiger partial charge in [-0.3, -0.25) is 4.79 Å². The summed E-state index contributed by atoms with van der Waals surface area (Å²) >= 11 is 1.60. The smallest absolute Gasteiger partial charge is 0.150 e. The Balaban J connectivity index is 2.35. The lowest BCUT2D eigenvalue weighted by Crippen LogP contribution is -1.89. The lowest BCUT2D eigenvalue weighted by molar-refractivity contribution is 0.112. The third kappa shape index (κ3) is 1.73. The van der Waals surface area contributed by atoms with E-state index in [1.807, 2.05) is 29.6 Å². The fourth-order valence-electron chi connectivity index (χ4n) is 2.07. The first kappa shape index (κ1) is 11.1. The summed E-state index contributed by atoms with van der Waals surface area (Å²) in [5.41, 5.74) is 2.07. The highest BCUT2D eigenvalue weighted by Crippen LogP contribution is 2.34. The molecule has 0 N–H and O–H groups in total. The summed E-state index contributed by atoms with van der Waals surface area (Å²) in [4.78, 5) is 11.1. The van der Waals surface area contributed by atoms with Crippen LogP contribution in [0.1, 0.15) is 10.4 Å². The summed E-state index contributed by atoms with van der Waals surface area (Å²) in [6.07, 6.45) is 0.765. The summed E-state index contributed by atoms with van der Waals surface area (Å²) in [7, 11) is 0. The molecular formula is C15H9FOS. The molecule has 1 aromatic heterocycles. The molecular weight excluding hydrogens is 247 g/mol. The standard InChI is InChI=1S/C15H9FOS/c16-12-5-4-11(9-17)14(8-12)13-3-1-2-10-6-7-18-15(10)13/h1-9H. The van der Waals surface area contributed by atoms with E-state index in [4.69, 9.17) is 0 Å². The van der Waals surface area contributed by atoms with Crippen molar-refractivity contribution in [2.75, 3.05) is 0 Å². The van der Waals surface area contributed by atoms with Crippen LogP contribution in [0, 0.1) is 5.82 Å². The number of fused-ring (bicyclic) bond motifs is 1. The molecule has 3 heteroatoms. The molecule has 0 saturated heterocycles. The molecule has 0 aliphatic rings. The number of carbonyl (C=O) groups is 1. The van der Waals surface area contributed by atoms with Gasteiger partial charge in [0.1, 0.15) is 5.82 Å². The summed E-state index contributed by atoms with van der Waals surface area (Å²) in [6.45, 7) is 0. The van der Waals surface area contributed by atoms with Crippen LogP contribution < -0.4 is 0 Å². The van der Waals surface area contributed by atoms with Crippen molar-refractivity contribution in [1.29, 1.82) is 0 Å². The largest absolute Gasteiger partial charge is 0.298 e. The summed E-state index contributed by atoms with van der Waals surface area (Å²) in [5, 5.41) is 3.10. The predicted octanol–water partition coefficient (Wildman–Crippen LogP) is 4.52. The molecule has 1 heterocycles. The molecule has 0 bridgehead atoms. The Morgan fingerprint density at radius 2 is 1.94 bits per heavy atom. The van der Waals surface area contributed by atoms with Crippen molar-refractivity contribution in [1.82, 2.24) is 0 Å². The van der Waals surface area contributed by atoms with E-state index in [1.54, 1.807) is 11.3 Å². The Morgan fingerprint density at radius 3 is 2.78 bits per heavy atom. The van der Waals surface area contributed by atoms with Crippen LogP contribution in [0.2, 0.25) is 0 Å². The number of thiophene rings is 1. The highest BCUT2D eigenvalue weighted by atomic mass is 32.1. The zero-order valence-electron chi connectivity index (χ0n) is 9.39. The van der Waals surface area contributed by atoms with Crippen LogP contribution in [0.4, 0.5) is 4.39 Å². The van der Waals surface area contributed by atoms with Gasteiger partial charge in [0, 0.05) is 15.8 Å². The summed E-state index contributed by atoms with van der Waals surface area (Å²) in [6, 6.07) is 12.1. The molecule has 0 saturated carbocycles. The second-order valence-electron chi connectivity index (χ2n) is 3.99. The fourth-order valence-corrected chi connectivity index (χ4v) is 3.00. The van der Waals surface area contributed by atoms with Gasteiger partial charge < -0.3 is 0 Å². The maximum Gasteiger partial charge on any atom is 0.150 e. The highest BCUT2D eigenvalue weighted by molar-refractivity contribution is 7.17. The van der Waals surface area contributed by atoms with Gasteiger partial charge in [0.25, 0.3) is 0 Å². The minimum atomic E-state index is -0.329. The average molecular weight is 256 g/mol. The van der Waals surface area contributed by atoms with Crippen molar-refractivity contribution in [3.05, 3.63) is 59.2 Å². The average Bonchev–Trinajstić information content (AvgIpc) is 2.86. The molecule has 1 nitrogen and oxygen atoms in total. The molecule has 0 amide bonds. The molecule has 0 atom stereocenters. The molecule has 88 valence electrons. The monoisotopic (exact) mass is 256 g/mol. The molecule has 0 fully saturated rings. The lowest BCUT2D eigenvalue weighted by Gasteiger charge is -2.06. The molecule has 0 spiro atoms. The third-order valence-corrected chi connectivity index (χ3v) is 3.87. The van der Waals surface area contributed by atoms with Gasteiger partial charge in [-0.1, -0.05) is 18.2 Å². The van der Waals surface area contributed by atoms with E-state index in [0.29, 0.717) is 11.1 Å². The molecule has 0 aliphatic heterocycles. The van der Waals surface area contributed by atoms with E-state index in [9.17, 15) is 9.18 Å². The summed E-state index contributed by atoms with van der Waals surface area (Å²) in [5.74, 6) is -0.329. The molecule has 0 aliphatic carbocycles. The lowest BCUT2D eigenvalue weighted by atomic mass is 9.99. The van der Waals surface area contributed by atoms with Gasteiger partial charge >= 0.3 is 0 Å². The first-order valence-electron chi connectivity index (χ1n) is 5.51. The SMILES string of the molecule is O=Cc1ccc(F)cc1-c1cccc2ccsc12. The van der Waals surface area contributed by atoms with Crippen molar-refractivity contribution < 1.29 is 9.18 Å². The van der Waals surface area contributed by atoms with Gasteiger partial charge in [0.2, 0.25) is 0 Å². The number of halogens is 1. The second-order valence-corrected chi connectivity index (χ2v) is 4.91. The predicted molar refractivity (Wildman–Crippen MR) is 72.6 cm³/mol. The zero-order chi connectivity index (χ0) is 12.5. The van der Waals surface area contributed by atoms with Crippen LogP contribution in [0.5, 0.6) is 0 Å². The number of rotatable bonds is 2. The normalized spacial score (nSPS) is 10.7. The highest BCUT2D eigenvalue weighted by Gasteiger charge is 2.10. The Kier molecular flexibility index (Phi) is 2.68. The van der Waals surface area contributed by atoms with E-state index >= 15 is 0 Å². The molecule has 18 heavy (non-hydrogen) atoms. The van der Waals surface area contributed by atoms with Gasteiger partial charge in [-0.25, -0.2) is 4.39 Å². The van der Waals surface area contributed by atoms with Crippen LogP contribution in [0.15, 0.2) is 47.8 Å². The minimum Gasteiger partial charge on any atom is -0.298 e. The van der Waals surface area contributed by atoms with E-state index < -0.39 is 0 Å². The van der Waals surface area contributed by atoms with Crippen molar-refractivity contribution in [3.8, 4) is 11.1 Å². The third-order valence-electron chi connectivity index (χ3n) is 2.91. The van der Waals surface area contributed by atoms with Gasteiger partial charge in [-0.2, -0.15) is 0 Å². The Hall–Kier alpha value is -2.00. The Labute approximate surface area is 108 Å². The van der Waals surface area contributed by atoms with Crippen molar-refractivity contribution in [2.24, 2.45) is 0 Å². The van der Waals surface area contributed by atoms with E-state index in [2.05, 4.69) is 0 Å². The molecule has 0 unspecified atom stereocenters. The van der Waals surface area contributed by atoms with Crippen molar-refractivity contribution in [3.63, 3.8) is 0 Å². The van der Waals surface area contributed by atoms with E-state index in [0.717, 1.165) is 21.9 Å². The molecule has 3 aromatic rings. The van der Waals surface area contributed by atoms with Crippen LogP contribution in [-0.2, 0) is 0 Å². The number of hydrogen-bond donors (Lipinski definition) is 0. The van der Waals surface area contributed by atoms with Crippen molar-refractivity contribution in [2.45, 2.75) is 0 Å². The fraction of sp³-hybridized carbons (Fsp3) is 0. The summed E-state index contributed by atoms with van der Waals surface area (Å²) < 4.78 is 14.5. The molecule has 2 aromatic carbocycles. The number of aldehydes is 1. The molecule has 0 radical (unpaired) electrons. The number of carbonyl (C=O) groups excluding carboxylic acids is 1. The van der Waals surface area contributed by atoms with Gasteiger partial charge in [0.15, 0.2) is 6.29 Å². The van der Waals surface area contributed by atoms with Crippen LogP contribution in [0.3, 0.4) is 0 Å². The molecule has 3 rings (SSSR count). The zero-order valence-corrected chi connectivity index (χ0v) is 10.2. The first-order chi connectivity index (χ1) is 8.79. The maximum absolute atomic E-state index is 13.4. The van der Waals surface area contributed by atoms with Gasteiger partial charge in [-0.05, 0) is 40.6 Å². The second kappa shape index (κ2) is 4.35. The van der Waals surface area contributed by atoms with Gasteiger partial charge in [-0.15, -0.1) is 11.3 Å². The topological polar surface area (TPSA) is 17.1 Å². The Bertz CT molecular complexity index is 730. The van der Waals surface area contributed by atoms with E-state index in [-0.39, 0.29) is 5.82 Å². The van der Waals surface area contributed by atoms with Gasteiger partial charge in [0.05, 0.1) is 0 Å². The Morgan fingerprint density at radius 1 is 1.06 bits per heavy atom. The first-order valence-corrected chi connectivity index (χ1v) is 6.39. The van der Waals surface area contributed by atoms with E-state index in [1.165, 1.54) is 18.2 Å². The minimum absolute atomic E-state index is 0.329. The maximum atomic E-state index is 13.4. The number of hydrogen-bond acceptors (Lipinski definition) is 2. The quantitative estimate of drug-likeness (QED) is 0.616. The van der Waals surface area contributed by atoms with Crippen LogP contribution in [-0.4, -0.2) is 6.29 Å². The van der Waals surface area contributed by atoms with Crippen LogP contribution >= 0.6 is 11.3 Å².